The van der Waals surface area contributed by atoms with Gasteiger partial charge in [-0.15, -0.1) is 0 Å². The van der Waals surface area contributed by atoms with E-state index in [0.717, 1.165) is 24.9 Å². The van der Waals surface area contributed by atoms with Gasteiger partial charge in [-0.05, 0) is 55.9 Å². The number of anilines is 1. The minimum absolute atomic E-state index is 0.148. The molecule has 20 heavy (non-hydrogen) atoms. The Hall–Kier alpha value is -1.53. The number of rotatable bonds is 2. The van der Waals surface area contributed by atoms with Gasteiger partial charge in [-0.1, -0.05) is 19.3 Å². The molecule has 2 aliphatic rings. The van der Waals surface area contributed by atoms with Crippen molar-refractivity contribution in [1.29, 1.82) is 5.26 Å². The summed E-state index contributed by atoms with van der Waals surface area (Å²) in [5.41, 5.74) is 1.15. The van der Waals surface area contributed by atoms with Crippen LogP contribution < -0.4 is 5.32 Å². The van der Waals surface area contributed by atoms with Crippen molar-refractivity contribution in [3.63, 3.8) is 0 Å². The molecule has 2 aliphatic carbocycles. The van der Waals surface area contributed by atoms with E-state index in [9.17, 15) is 5.11 Å². The van der Waals surface area contributed by atoms with Crippen molar-refractivity contribution in [3.8, 4) is 6.07 Å². The van der Waals surface area contributed by atoms with E-state index in [-0.39, 0.29) is 6.04 Å². The molecule has 0 spiro atoms. The van der Waals surface area contributed by atoms with Gasteiger partial charge >= 0.3 is 0 Å². The van der Waals surface area contributed by atoms with E-state index in [2.05, 4.69) is 11.4 Å². The Balaban J connectivity index is 1.76. The van der Waals surface area contributed by atoms with Gasteiger partial charge < -0.3 is 10.4 Å². The number of nitrogens with one attached hydrogen (secondary N) is 1. The molecule has 0 aromatic heterocycles. The summed E-state index contributed by atoms with van der Waals surface area (Å²) >= 11 is 0. The molecule has 0 bridgehead atoms. The van der Waals surface area contributed by atoms with E-state index in [4.69, 9.17) is 5.26 Å². The fourth-order valence-corrected chi connectivity index (χ4v) is 3.96. The van der Waals surface area contributed by atoms with Gasteiger partial charge in [0, 0.05) is 5.69 Å². The predicted octanol–water partition coefficient (Wildman–Crippen LogP) is 3.44. The Kier molecular flexibility index (Phi) is 3.67. The average molecular weight is 270 g/mol. The van der Waals surface area contributed by atoms with Crippen LogP contribution in [-0.4, -0.2) is 16.7 Å². The monoisotopic (exact) mass is 270 g/mol. The first-order valence-electron chi connectivity index (χ1n) is 7.71. The first-order valence-corrected chi connectivity index (χ1v) is 7.71. The van der Waals surface area contributed by atoms with E-state index in [1.807, 2.05) is 24.3 Å². The lowest BCUT2D eigenvalue weighted by Gasteiger charge is -2.49. The maximum atomic E-state index is 11.1. The number of hydrogen-bond donors (Lipinski definition) is 2. The summed E-state index contributed by atoms with van der Waals surface area (Å²) in [4.78, 5) is 0. The van der Waals surface area contributed by atoms with Crippen LogP contribution >= 0.6 is 0 Å². The highest BCUT2D eigenvalue weighted by atomic mass is 16.3. The van der Waals surface area contributed by atoms with Crippen molar-refractivity contribution in [1.82, 2.24) is 0 Å². The molecule has 3 heteroatoms. The molecule has 2 N–H and O–H groups in total. The highest BCUT2D eigenvalue weighted by Gasteiger charge is 2.47. The van der Waals surface area contributed by atoms with Crippen LogP contribution in [-0.2, 0) is 0 Å². The summed E-state index contributed by atoms with van der Waals surface area (Å²) in [6, 6.07) is 9.81. The summed E-state index contributed by atoms with van der Waals surface area (Å²) in [6.07, 6.45) is 7.89. The van der Waals surface area contributed by atoms with Crippen LogP contribution in [0.1, 0.15) is 50.5 Å². The molecule has 2 saturated carbocycles. The topological polar surface area (TPSA) is 56.0 Å². The Bertz CT molecular complexity index is 503. The lowest BCUT2D eigenvalue weighted by molar-refractivity contribution is -0.0835. The van der Waals surface area contributed by atoms with Crippen molar-refractivity contribution in [3.05, 3.63) is 29.8 Å². The molecular formula is C17H22N2O. The first-order chi connectivity index (χ1) is 9.72. The fraction of sp³-hybridized carbons (Fsp3) is 0.588. The van der Waals surface area contributed by atoms with Crippen LogP contribution in [0, 0.1) is 17.2 Å². The second-order valence-electron chi connectivity index (χ2n) is 6.25. The number of nitriles is 1. The van der Waals surface area contributed by atoms with Gasteiger partial charge in [0.1, 0.15) is 0 Å². The minimum atomic E-state index is -0.537. The number of benzene rings is 1. The molecule has 0 saturated heterocycles. The zero-order valence-electron chi connectivity index (χ0n) is 11.8. The van der Waals surface area contributed by atoms with Crippen molar-refractivity contribution >= 4 is 5.69 Å². The first kappa shape index (κ1) is 13.5. The Morgan fingerprint density at radius 1 is 1.10 bits per heavy atom. The van der Waals surface area contributed by atoms with E-state index in [1.165, 1.54) is 25.7 Å². The predicted molar refractivity (Wildman–Crippen MR) is 79.3 cm³/mol. The van der Waals surface area contributed by atoms with Crippen LogP contribution in [0.3, 0.4) is 0 Å². The van der Waals surface area contributed by atoms with Crippen LogP contribution in [0.15, 0.2) is 24.3 Å². The van der Waals surface area contributed by atoms with E-state index >= 15 is 0 Å². The molecule has 3 atom stereocenters. The second kappa shape index (κ2) is 5.46. The third kappa shape index (κ3) is 2.41. The average Bonchev–Trinajstić information content (AvgIpc) is 2.49. The maximum absolute atomic E-state index is 11.1. The standard InChI is InChI=1S/C17H22N2O/c18-12-13-7-9-15(10-8-13)19-16-6-3-5-14-4-1-2-11-17(14,16)20/h7-10,14,16,19-20H,1-6,11H2/t14-,16+,17+/m1/s1. The molecular weight excluding hydrogens is 248 g/mol. The molecule has 0 unspecified atom stereocenters. The SMILES string of the molecule is N#Cc1ccc(N[C@H]2CCC[C@H]3CCCC[C@]32O)cc1. The molecule has 3 rings (SSSR count). The van der Waals surface area contributed by atoms with E-state index in [0.29, 0.717) is 11.5 Å². The molecule has 1 aromatic rings. The smallest absolute Gasteiger partial charge is 0.0991 e. The zero-order valence-corrected chi connectivity index (χ0v) is 11.8. The summed E-state index contributed by atoms with van der Waals surface area (Å²) in [5, 5.41) is 23.4. The number of nitrogens with zero attached hydrogens (tertiary/aromatic N) is 1. The van der Waals surface area contributed by atoms with Gasteiger partial charge in [-0.3, -0.25) is 0 Å². The van der Waals surface area contributed by atoms with Crippen LogP contribution in [0.25, 0.3) is 0 Å². The van der Waals surface area contributed by atoms with Crippen LogP contribution in [0.2, 0.25) is 0 Å². The minimum Gasteiger partial charge on any atom is -0.387 e. The highest BCUT2D eigenvalue weighted by Crippen LogP contribution is 2.44. The molecule has 3 nitrogen and oxygen atoms in total. The molecule has 1 aromatic carbocycles. The van der Waals surface area contributed by atoms with Gasteiger partial charge in [-0.2, -0.15) is 5.26 Å². The van der Waals surface area contributed by atoms with E-state index in [1.54, 1.807) is 0 Å². The number of hydrogen-bond acceptors (Lipinski definition) is 3. The third-order valence-electron chi connectivity index (χ3n) is 5.09. The Labute approximate surface area is 120 Å². The maximum Gasteiger partial charge on any atom is 0.0991 e. The summed E-state index contributed by atoms with van der Waals surface area (Å²) in [5.74, 6) is 0.459. The molecule has 0 radical (unpaired) electrons. The molecule has 106 valence electrons. The van der Waals surface area contributed by atoms with E-state index < -0.39 is 5.60 Å². The molecule has 0 heterocycles. The summed E-state index contributed by atoms with van der Waals surface area (Å²) < 4.78 is 0. The number of fused-ring (bicyclic) bond motifs is 1. The molecule has 0 amide bonds. The molecule has 0 aliphatic heterocycles. The van der Waals surface area contributed by atoms with Gasteiger partial charge in [0.25, 0.3) is 0 Å². The fourth-order valence-electron chi connectivity index (χ4n) is 3.96. The van der Waals surface area contributed by atoms with Crippen molar-refractivity contribution in [2.45, 2.75) is 56.6 Å². The second-order valence-corrected chi connectivity index (χ2v) is 6.25. The largest absolute Gasteiger partial charge is 0.387 e. The van der Waals surface area contributed by atoms with Gasteiger partial charge in [-0.25, -0.2) is 0 Å². The Morgan fingerprint density at radius 3 is 2.60 bits per heavy atom. The summed E-state index contributed by atoms with van der Waals surface area (Å²) in [6.45, 7) is 0. The zero-order chi connectivity index (χ0) is 14.0. The number of aliphatic hydroxyl groups is 1. The summed E-state index contributed by atoms with van der Waals surface area (Å²) in [7, 11) is 0. The normalized spacial score (nSPS) is 33.0. The van der Waals surface area contributed by atoms with Crippen molar-refractivity contribution in [2.75, 3.05) is 5.32 Å². The van der Waals surface area contributed by atoms with Crippen LogP contribution in [0.4, 0.5) is 5.69 Å². The third-order valence-corrected chi connectivity index (χ3v) is 5.09. The quantitative estimate of drug-likeness (QED) is 0.865. The van der Waals surface area contributed by atoms with Crippen molar-refractivity contribution < 1.29 is 5.11 Å². The molecule has 2 fully saturated rings. The van der Waals surface area contributed by atoms with Crippen LogP contribution in [0.5, 0.6) is 0 Å². The van der Waals surface area contributed by atoms with Gasteiger partial charge in [0.05, 0.1) is 23.3 Å². The van der Waals surface area contributed by atoms with Crippen molar-refractivity contribution in [2.24, 2.45) is 5.92 Å². The highest BCUT2D eigenvalue weighted by molar-refractivity contribution is 5.48. The van der Waals surface area contributed by atoms with Gasteiger partial charge in [0.2, 0.25) is 0 Å². The van der Waals surface area contributed by atoms with Gasteiger partial charge in [0.15, 0.2) is 0 Å². The lowest BCUT2D eigenvalue weighted by Crippen LogP contribution is -2.56. The Morgan fingerprint density at radius 2 is 1.85 bits per heavy atom. The lowest BCUT2D eigenvalue weighted by atomic mass is 9.65.